The molecular weight excluding hydrogens is 326 g/mol. The van der Waals surface area contributed by atoms with Gasteiger partial charge in [0.25, 0.3) is 0 Å². The van der Waals surface area contributed by atoms with E-state index in [2.05, 4.69) is 10.1 Å². The standard InChI is InChI=1S/C14H14ClN3O3S/c1-2-21-14(19)11-6-12(22-9-7-20-8-9)17-18(11)13-10(15)4-3-5-16-13/h3-6,9H,2,7-8H2,1H3. The summed E-state index contributed by atoms with van der Waals surface area (Å²) in [6.45, 7) is 3.43. The van der Waals surface area contributed by atoms with Crippen LogP contribution >= 0.6 is 23.4 Å². The van der Waals surface area contributed by atoms with Gasteiger partial charge >= 0.3 is 5.97 Å². The molecule has 2 aromatic heterocycles. The average Bonchev–Trinajstić information content (AvgIpc) is 2.88. The SMILES string of the molecule is CCOC(=O)c1cc(SC2COC2)nn1-c1ncccc1Cl. The van der Waals surface area contributed by atoms with Gasteiger partial charge in [-0.1, -0.05) is 23.4 Å². The lowest BCUT2D eigenvalue weighted by Crippen LogP contribution is -2.30. The quantitative estimate of drug-likeness (QED) is 0.780. The zero-order valence-electron chi connectivity index (χ0n) is 11.9. The van der Waals surface area contributed by atoms with Gasteiger partial charge in [0, 0.05) is 12.3 Å². The highest BCUT2D eigenvalue weighted by Gasteiger charge is 2.25. The van der Waals surface area contributed by atoms with E-state index in [-0.39, 0.29) is 0 Å². The van der Waals surface area contributed by atoms with E-state index in [0.717, 1.165) is 5.03 Å². The van der Waals surface area contributed by atoms with Crippen LogP contribution in [0.5, 0.6) is 0 Å². The predicted octanol–water partition coefficient (Wildman–Crippen LogP) is 2.59. The van der Waals surface area contributed by atoms with E-state index in [0.29, 0.717) is 41.6 Å². The molecule has 2 aromatic rings. The van der Waals surface area contributed by atoms with Crippen molar-refractivity contribution < 1.29 is 14.3 Å². The van der Waals surface area contributed by atoms with E-state index in [4.69, 9.17) is 21.1 Å². The fraction of sp³-hybridized carbons (Fsp3) is 0.357. The van der Waals surface area contributed by atoms with Crippen molar-refractivity contribution in [2.24, 2.45) is 0 Å². The third-order valence-electron chi connectivity index (χ3n) is 3.01. The normalized spacial score (nSPS) is 14.6. The van der Waals surface area contributed by atoms with Gasteiger partial charge < -0.3 is 9.47 Å². The number of carbonyl (C=O) groups excluding carboxylic acids is 1. The molecule has 3 heterocycles. The van der Waals surface area contributed by atoms with Crippen LogP contribution in [0.1, 0.15) is 17.4 Å². The Morgan fingerprint density at radius 2 is 2.41 bits per heavy atom. The molecule has 0 aromatic carbocycles. The zero-order chi connectivity index (χ0) is 15.5. The first-order valence-corrected chi connectivity index (χ1v) is 8.07. The molecule has 116 valence electrons. The second-order valence-electron chi connectivity index (χ2n) is 4.59. The number of rotatable bonds is 5. The van der Waals surface area contributed by atoms with Gasteiger partial charge in [-0.3, -0.25) is 0 Å². The van der Waals surface area contributed by atoms with Crippen LogP contribution in [0.15, 0.2) is 29.4 Å². The highest BCUT2D eigenvalue weighted by atomic mass is 35.5. The number of halogens is 1. The molecule has 0 bridgehead atoms. The fourth-order valence-corrected chi connectivity index (χ4v) is 3.10. The minimum Gasteiger partial charge on any atom is -0.461 e. The lowest BCUT2D eigenvalue weighted by atomic mass is 10.4. The molecule has 6 nitrogen and oxygen atoms in total. The van der Waals surface area contributed by atoms with Gasteiger partial charge in [-0.25, -0.2) is 14.5 Å². The molecule has 8 heteroatoms. The Balaban J connectivity index is 1.98. The average molecular weight is 340 g/mol. The summed E-state index contributed by atoms with van der Waals surface area (Å²) in [7, 11) is 0. The van der Waals surface area contributed by atoms with Crippen LogP contribution in [0.2, 0.25) is 5.02 Å². The van der Waals surface area contributed by atoms with Gasteiger partial charge in [0.2, 0.25) is 0 Å². The summed E-state index contributed by atoms with van der Waals surface area (Å²) in [6, 6.07) is 5.12. The summed E-state index contributed by atoms with van der Waals surface area (Å²) in [5.74, 6) is -0.0441. The number of esters is 1. The van der Waals surface area contributed by atoms with Crippen LogP contribution in [-0.2, 0) is 9.47 Å². The van der Waals surface area contributed by atoms with Gasteiger partial charge in [-0.15, -0.1) is 0 Å². The van der Waals surface area contributed by atoms with Crippen LogP contribution < -0.4 is 0 Å². The minimum atomic E-state index is -0.451. The molecule has 1 fully saturated rings. The van der Waals surface area contributed by atoms with Crippen molar-refractivity contribution in [2.45, 2.75) is 17.2 Å². The van der Waals surface area contributed by atoms with Gasteiger partial charge in [0.1, 0.15) is 5.03 Å². The van der Waals surface area contributed by atoms with Crippen molar-refractivity contribution in [3.8, 4) is 5.82 Å². The molecule has 3 rings (SSSR count). The first-order valence-electron chi connectivity index (χ1n) is 6.81. The summed E-state index contributed by atoms with van der Waals surface area (Å²) < 4.78 is 11.7. The molecule has 0 atom stereocenters. The molecule has 0 unspecified atom stereocenters. The smallest absolute Gasteiger partial charge is 0.357 e. The molecule has 0 N–H and O–H groups in total. The molecule has 1 saturated heterocycles. The number of ether oxygens (including phenoxy) is 2. The van der Waals surface area contributed by atoms with Gasteiger partial charge in [-0.05, 0) is 19.1 Å². The topological polar surface area (TPSA) is 66.2 Å². The molecule has 0 saturated carbocycles. The third kappa shape index (κ3) is 3.11. The van der Waals surface area contributed by atoms with E-state index >= 15 is 0 Å². The van der Waals surface area contributed by atoms with Crippen LogP contribution in [0, 0.1) is 0 Å². The van der Waals surface area contributed by atoms with Crippen LogP contribution in [0.4, 0.5) is 0 Å². The summed E-state index contributed by atoms with van der Waals surface area (Å²) >= 11 is 7.73. The fourth-order valence-electron chi connectivity index (χ4n) is 1.91. The molecule has 0 spiro atoms. The Morgan fingerprint density at radius 1 is 1.59 bits per heavy atom. The van der Waals surface area contributed by atoms with Crippen molar-refractivity contribution in [3.05, 3.63) is 35.1 Å². The summed E-state index contributed by atoms with van der Waals surface area (Å²) in [4.78, 5) is 16.4. The number of thioether (sulfide) groups is 1. The maximum atomic E-state index is 12.1. The first kappa shape index (κ1) is 15.3. The minimum absolute atomic E-state index is 0.291. The molecular formula is C14H14ClN3O3S. The van der Waals surface area contributed by atoms with Crippen molar-refractivity contribution in [1.29, 1.82) is 0 Å². The number of hydrogen-bond acceptors (Lipinski definition) is 6. The molecule has 1 aliphatic heterocycles. The predicted molar refractivity (Wildman–Crippen MR) is 82.8 cm³/mol. The van der Waals surface area contributed by atoms with Crippen molar-refractivity contribution in [2.75, 3.05) is 19.8 Å². The zero-order valence-corrected chi connectivity index (χ0v) is 13.4. The summed E-state index contributed by atoms with van der Waals surface area (Å²) in [5.41, 5.74) is 0.310. The maximum Gasteiger partial charge on any atom is 0.357 e. The first-order chi connectivity index (χ1) is 10.7. The molecule has 0 aliphatic carbocycles. The Kier molecular flexibility index (Phi) is 4.66. The number of aromatic nitrogens is 3. The molecule has 1 aliphatic rings. The number of hydrogen-bond donors (Lipinski definition) is 0. The Morgan fingerprint density at radius 3 is 3.05 bits per heavy atom. The van der Waals surface area contributed by atoms with E-state index in [1.807, 2.05) is 0 Å². The number of carbonyl (C=O) groups is 1. The molecule has 22 heavy (non-hydrogen) atoms. The maximum absolute atomic E-state index is 12.1. The van der Waals surface area contributed by atoms with Gasteiger partial charge in [0.15, 0.2) is 11.5 Å². The third-order valence-corrected chi connectivity index (χ3v) is 4.35. The van der Waals surface area contributed by atoms with E-state index in [1.165, 1.54) is 4.68 Å². The van der Waals surface area contributed by atoms with Crippen LogP contribution in [0.3, 0.4) is 0 Å². The van der Waals surface area contributed by atoms with E-state index in [1.54, 1.807) is 43.1 Å². The largest absolute Gasteiger partial charge is 0.461 e. The highest BCUT2D eigenvalue weighted by molar-refractivity contribution is 8.00. The van der Waals surface area contributed by atoms with Crippen molar-refractivity contribution >= 4 is 29.3 Å². The van der Waals surface area contributed by atoms with Crippen molar-refractivity contribution in [1.82, 2.24) is 14.8 Å². The second-order valence-corrected chi connectivity index (χ2v) is 6.31. The lowest BCUT2D eigenvalue weighted by Gasteiger charge is -2.23. The summed E-state index contributed by atoms with van der Waals surface area (Å²) in [5, 5.41) is 5.94. The van der Waals surface area contributed by atoms with Crippen LogP contribution in [0.25, 0.3) is 5.82 Å². The molecule has 0 radical (unpaired) electrons. The van der Waals surface area contributed by atoms with Gasteiger partial charge in [-0.2, -0.15) is 5.10 Å². The second kappa shape index (κ2) is 6.68. The number of pyridine rings is 1. The lowest BCUT2D eigenvalue weighted by molar-refractivity contribution is 0.0454. The monoisotopic (exact) mass is 339 g/mol. The molecule has 0 amide bonds. The van der Waals surface area contributed by atoms with E-state index < -0.39 is 5.97 Å². The van der Waals surface area contributed by atoms with Crippen molar-refractivity contribution in [3.63, 3.8) is 0 Å². The van der Waals surface area contributed by atoms with E-state index in [9.17, 15) is 4.79 Å². The van der Waals surface area contributed by atoms with Gasteiger partial charge in [0.05, 0.1) is 30.1 Å². The Labute approximate surface area is 136 Å². The number of nitrogens with zero attached hydrogens (tertiary/aromatic N) is 3. The summed E-state index contributed by atoms with van der Waals surface area (Å²) in [6.07, 6.45) is 1.60. The highest BCUT2D eigenvalue weighted by Crippen LogP contribution is 2.29. The van der Waals surface area contributed by atoms with Crippen LogP contribution in [-0.4, -0.2) is 45.8 Å². The Hall–Kier alpha value is -1.57. The Bertz CT molecular complexity index is 688.